The molecular weight excluding hydrogens is 188 g/mol. The van der Waals surface area contributed by atoms with Gasteiger partial charge in [-0.3, -0.25) is 10.1 Å². The molecule has 0 fully saturated rings. The lowest BCUT2D eigenvalue weighted by Crippen LogP contribution is -1.88. The molecule has 5 heteroatoms. The van der Waals surface area contributed by atoms with Gasteiger partial charge in [0.05, 0.1) is 4.92 Å². The number of allylic oxidation sites excluding steroid dienone is 1. The number of hydrogen-bond acceptors (Lipinski definition) is 4. The maximum Gasteiger partial charge on any atom is 0.287 e. The second-order valence-electron chi connectivity index (χ2n) is 2.42. The second-order valence-corrected chi connectivity index (χ2v) is 3.74. The molecule has 0 N–H and O–H groups in total. The lowest BCUT2D eigenvalue weighted by Gasteiger charge is -1.97. The average molecular weight is 196 g/mol. The first-order valence-corrected chi connectivity index (χ1v) is 4.35. The summed E-state index contributed by atoms with van der Waals surface area (Å²) in [6.45, 7) is 5.55. The van der Waals surface area contributed by atoms with Crippen LogP contribution in [0.3, 0.4) is 0 Å². The molecule has 0 aromatic carbocycles. The molecule has 0 aliphatic rings. The molecule has 13 heavy (non-hydrogen) atoms. The minimum Gasteiger partial charge on any atom is -0.258 e. The molecule has 1 rings (SSSR count). The lowest BCUT2D eigenvalue weighted by molar-refractivity contribution is -0.385. The molecule has 1 aromatic rings. The number of rotatable bonds is 3. The van der Waals surface area contributed by atoms with Crippen molar-refractivity contribution in [1.82, 2.24) is 4.98 Å². The maximum absolute atomic E-state index is 10.3. The minimum absolute atomic E-state index is 0.00562. The van der Waals surface area contributed by atoms with Crippen LogP contribution in [0.5, 0.6) is 0 Å². The molecule has 0 aliphatic carbocycles. The molecule has 0 saturated carbocycles. The van der Waals surface area contributed by atoms with Gasteiger partial charge in [0.15, 0.2) is 0 Å². The summed E-state index contributed by atoms with van der Waals surface area (Å²) < 4.78 is 0. The Morgan fingerprint density at radius 1 is 1.69 bits per heavy atom. The fourth-order valence-electron chi connectivity index (χ4n) is 0.719. The molecule has 68 valence electrons. The molecule has 0 amide bonds. The fraction of sp³-hybridized carbons (Fsp3) is 0.125. The highest BCUT2D eigenvalue weighted by molar-refractivity contribution is 8.03. The topological polar surface area (TPSA) is 56.0 Å². The van der Waals surface area contributed by atoms with E-state index in [1.807, 2.05) is 6.92 Å². The Labute approximate surface area is 79.8 Å². The molecule has 0 spiro atoms. The third-order valence-corrected chi connectivity index (χ3v) is 2.01. The Kier molecular flexibility index (Phi) is 3.02. The first kappa shape index (κ1) is 9.73. The van der Waals surface area contributed by atoms with Crippen LogP contribution < -0.4 is 0 Å². The Bertz CT molecular complexity index is 335. The van der Waals surface area contributed by atoms with Crippen LogP contribution >= 0.6 is 11.8 Å². The van der Waals surface area contributed by atoms with Gasteiger partial charge in [0, 0.05) is 6.07 Å². The van der Waals surface area contributed by atoms with Gasteiger partial charge in [0.2, 0.25) is 0 Å². The summed E-state index contributed by atoms with van der Waals surface area (Å²) in [5.41, 5.74) is 0.00562. The molecule has 0 atom stereocenters. The van der Waals surface area contributed by atoms with Crippen LogP contribution in [0.2, 0.25) is 0 Å². The normalized spacial score (nSPS) is 9.62. The minimum atomic E-state index is -0.470. The molecule has 1 heterocycles. The van der Waals surface area contributed by atoms with Gasteiger partial charge in [-0.05, 0) is 17.9 Å². The molecule has 0 aliphatic heterocycles. The number of pyridine rings is 1. The number of hydrogen-bond donors (Lipinski definition) is 0. The zero-order valence-electron chi connectivity index (χ0n) is 7.06. The standard InChI is InChI=1S/C8H8N2O2S/c1-6(2)13-8-4-3-7(5-9-8)10(11)12/h3-5H,1H2,2H3. The van der Waals surface area contributed by atoms with Crippen LogP contribution in [0.15, 0.2) is 34.8 Å². The van der Waals surface area contributed by atoms with Crippen molar-refractivity contribution in [3.63, 3.8) is 0 Å². The smallest absolute Gasteiger partial charge is 0.258 e. The summed E-state index contributed by atoms with van der Waals surface area (Å²) in [6, 6.07) is 3.04. The third-order valence-electron chi connectivity index (χ3n) is 1.21. The molecule has 4 nitrogen and oxygen atoms in total. The van der Waals surface area contributed by atoms with E-state index in [0.29, 0.717) is 0 Å². The largest absolute Gasteiger partial charge is 0.287 e. The van der Waals surface area contributed by atoms with E-state index in [0.717, 1.165) is 9.93 Å². The summed E-state index contributed by atoms with van der Waals surface area (Å²) >= 11 is 1.39. The SMILES string of the molecule is C=C(C)Sc1ccc([N+](=O)[O-])cn1. The first-order chi connectivity index (χ1) is 6.09. The van der Waals surface area contributed by atoms with E-state index in [2.05, 4.69) is 11.6 Å². The van der Waals surface area contributed by atoms with Gasteiger partial charge in [-0.15, -0.1) is 0 Å². The highest BCUT2D eigenvalue weighted by Crippen LogP contribution is 2.23. The summed E-state index contributed by atoms with van der Waals surface area (Å²) in [5.74, 6) is 0. The van der Waals surface area contributed by atoms with E-state index in [1.54, 1.807) is 6.07 Å². The maximum atomic E-state index is 10.3. The summed E-state index contributed by atoms with van der Waals surface area (Å²) in [4.78, 5) is 14.6. The first-order valence-electron chi connectivity index (χ1n) is 3.53. The van der Waals surface area contributed by atoms with Crippen molar-refractivity contribution in [3.8, 4) is 0 Å². The van der Waals surface area contributed by atoms with Crippen LogP contribution in [0.4, 0.5) is 5.69 Å². The van der Waals surface area contributed by atoms with Gasteiger partial charge in [0.1, 0.15) is 11.2 Å². The van der Waals surface area contributed by atoms with Crippen molar-refractivity contribution in [2.75, 3.05) is 0 Å². The molecule has 0 bridgehead atoms. The molecular formula is C8H8N2O2S. The second kappa shape index (κ2) is 4.04. The van der Waals surface area contributed by atoms with Gasteiger partial charge >= 0.3 is 0 Å². The van der Waals surface area contributed by atoms with Gasteiger partial charge in [-0.2, -0.15) is 0 Å². The van der Waals surface area contributed by atoms with Crippen molar-refractivity contribution in [2.45, 2.75) is 11.9 Å². The third kappa shape index (κ3) is 2.87. The molecule has 0 radical (unpaired) electrons. The van der Waals surface area contributed by atoms with Crippen molar-refractivity contribution in [3.05, 3.63) is 39.9 Å². The van der Waals surface area contributed by atoms with Crippen LogP contribution in [-0.2, 0) is 0 Å². The monoisotopic (exact) mass is 196 g/mol. The zero-order chi connectivity index (χ0) is 9.84. The van der Waals surface area contributed by atoms with Crippen LogP contribution in [0.1, 0.15) is 6.92 Å². The molecule has 1 aromatic heterocycles. The summed E-state index contributed by atoms with van der Waals surface area (Å²) in [6.07, 6.45) is 1.24. The van der Waals surface area contributed by atoms with Crippen LogP contribution in [-0.4, -0.2) is 9.91 Å². The molecule has 0 unspecified atom stereocenters. The molecule has 0 saturated heterocycles. The lowest BCUT2D eigenvalue weighted by atomic mass is 10.4. The number of nitrogens with zero attached hydrogens (tertiary/aromatic N) is 2. The van der Waals surface area contributed by atoms with Gasteiger partial charge in [-0.25, -0.2) is 4.98 Å². The zero-order valence-corrected chi connectivity index (χ0v) is 7.87. The number of nitro groups is 1. The number of thioether (sulfide) groups is 1. The van der Waals surface area contributed by atoms with E-state index in [1.165, 1.54) is 24.0 Å². The Morgan fingerprint density at radius 3 is 2.77 bits per heavy atom. The Hall–Kier alpha value is -1.36. The predicted molar refractivity (Wildman–Crippen MR) is 51.6 cm³/mol. The number of aromatic nitrogens is 1. The average Bonchev–Trinajstić information content (AvgIpc) is 2.04. The van der Waals surface area contributed by atoms with E-state index in [-0.39, 0.29) is 5.69 Å². The Balaban J connectivity index is 2.81. The van der Waals surface area contributed by atoms with E-state index < -0.39 is 4.92 Å². The van der Waals surface area contributed by atoms with Crippen LogP contribution in [0, 0.1) is 10.1 Å². The summed E-state index contributed by atoms with van der Waals surface area (Å²) in [7, 11) is 0. The van der Waals surface area contributed by atoms with Crippen molar-refractivity contribution >= 4 is 17.4 Å². The van der Waals surface area contributed by atoms with Crippen LogP contribution in [0.25, 0.3) is 0 Å². The fourth-order valence-corrected chi connectivity index (χ4v) is 1.32. The van der Waals surface area contributed by atoms with Gasteiger partial charge < -0.3 is 0 Å². The highest BCUT2D eigenvalue weighted by Gasteiger charge is 2.04. The quantitative estimate of drug-likeness (QED) is 0.423. The van der Waals surface area contributed by atoms with Gasteiger partial charge in [0.25, 0.3) is 5.69 Å². The van der Waals surface area contributed by atoms with Crippen molar-refractivity contribution in [1.29, 1.82) is 0 Å². The predicted octanol–water partition coefficient (Wildman–Crippen LogP) is 2.62. The van der Waals surface area contributed by atoms with Crippen molar-refractivity contribution < 1.29 is 4.92 Å². The van der Waals surface area contributed by atoms with E-state index in [9.17, 15) is 10.1 Å². The van der Waals surface area contributed by atoms with E-state index in [4.69, 9.17) is 0 Å². The van der Waals surface area contributed by atoms with E-state index >= 15 is 0 Å². The van der Waals surface area contributed by atoms with Crippen molar-refractivity contribution in [2.24, 2.45) is 0 Å². The summed E-state index contributed by atoms with van der Waals surface area (Å²) in [5, 5.41) is 11.0. The highest BCUT2D eigenvalue weighted by atomic mass is 32.2. The Morgan fingerprint density at radius 2 is 2.38 bits per heavy atom. The van der Waals surface area contributed by atoms with Gasteiger partial charge in [-0.1, -0.05) is 18.3 Å².